The number of carbonyl (C=O) groups is 2. The number of aromatic nitrogens is 4. The molecule has 0 N–H and O–H groups in total. The lowest BCUT2D eigenvalue weighted by atomic mass is 10.2. The molecule has 15 heteroatoms. The van der Waals surface area contributed by atoms with Gasteiger partial charge in [-0.15, -0.1) is 0 Å². The molecule has 3 heterocycles. The number of pyridine rings is 1. The zero-order valence-electron chi connectivity index (χ0n) is 32.3. The second-order valence-corrected chi connectivity index (χ2v) is 27.8. The summed E-state index contributed by atoms with van der Waals surface area (Å²) < 4.78 is 32.0. The Morgan fingerprint density at radius 3 is 1.98 bits per heavy atom. The number of amides is 2. The Kier molecular flexibility index (Phi) is 13.0. The van der Waals surface area contributed by atoms with Crippen molar-refractivity contribution in [2.45, 2.75) is 124 Å². The van der Waals surface area contributed by atoms with Crippen LogP contribution in [0, 0.1) is 0 Å². The molecule has 0 aliphatic carbocycles. The van der Waals surface area contributed by atoms with Crippen molar-refractivity contribution in [3.8, 4) is 17.0 Å². The van der Waals surface area contributed by atoms with E-state index < -0.39 is 39.8 Å². The molecule has 278 valence electrons. The van der Waals surface area contributed by atoms with Crippen LogP contribution in [0.1, 0.15) is 62.3 Å². The first kappa shape index (κ1) is 41.4. The second-order valence-electron chi connectivity index (χ2n) is 17.0. The van der Waals surface area contributed by atoms with Gasteiger partial charge in [0.05, 0.1) is 23.3 Å². The first-order valence-electron chi connectivity index (χ1n) is 16.9. The highest BCUT2D eigenvalue weighted by atomic mass is 35.5. The van der Waals surface area contributed by atoms with Crippen molar-refractivity contribution in [2.24, 2.45) is 0 Å². The fraction of sp³-hybridized carbons (Fsp3) is 0.629. The zero-order valence-corrected chi connectivity index (χ0v) is 35.1. The molecule has 0 bridgehead atoms. The molecule has 3 rings (SSSR count). The van der Waals surface area contributed by atoms with Gasteiger partial charge in [-0.1, -0.05) is 52.0 Å². The average Bonchev–Trinajstić information content (AvgIpc) is 3.29. The average molecular weight is 750 g/mol. The van der Waals surface area contributed by atoms with Gasteiger partial charge in [-0.2, -0.15) is 4.90 Å². The maximum atomic E-state index is 13.6. The van der Waals surface area contributed by atoms with E-state index in [1.54, 1.807) is 59.9 Å². The van der Waals surface area contributed by atoms with Crippen LogP contribution in [0.2, 0.25) is 49.0 Å². The Balaban J connectivity index is 2.18. The van der Waals surface area contributed by atoms with E-state index in [1.807, 2.05) is 4.57 Å². The lowest BCUT2D eigenvalue weighted by Crippen LogP contribution is -2.44. The highest BCUT2D eigenvalue weighted by molar-refractivity contribution is 6.76. The molecule has 50 heavy (non-hydrogen) atoms. The number of carbonyl (C=O) groups excluding carboxylic acids is 2. The van der Waals surface area contributed by atoms with Gasteiger partial charge in [-0.3, -0.25) is 0 Å². The monoisotopic (exact) mass is 749 g/mol. The van der Waals surface area contributed by atoms with Crippen molar-refractivity contribution in [1.82, 2.24) is 19.5 Å². The van der Waals surface area contributed by atoms with E-state index in [0.29, 0.717) is 41.3 Å². The SMILES string of the molecule is CC(C)(C)OC(=O)N(C(=O)OC(C)(C)C)c1ncnc2c1cc(-c1cnc(Cl)cc1OCCO[Si](C)(C)C(C)(C)C)n2COCC[Si](C)(C)C. The van der Waals surface area contributed by atoms with Gasteiger partial charge >= 0.3 is 12.2 Å². The van der Waals surface area contributed by atoms with E-state index in [-0.39, 0.29) is 29.3 Å². The maximum absolute atomic E-state index is 13.6. The molecule has 0 fully saturated rings. The first-order valence-corrected chi connectivity index (χ1v) is 23.9. The van der Waals surface area contributed by atoms with E-state index >= 15 is 0 Å². The van der Waals surface area contributed by atoms with Crippen molar-refractivity contribution >= 4 is 57.0 Å². The van der Waals surface area contributed by atoms with E-state index in [4.69, 9.17) is 35.0 Å². The van der Waals surface area contributed by atoms with Crippen molar-refractivity contribution in [3.63, 3.8) is 0 Å². The summed E-state index contributed by atoms with van der Waals surface area (Å²) in [6, 6.07) is 4.38. The van der Waals surface area contributed by atoms with Crippen LogP contribution in [0.5, 0.6) is 5.75 Å². The third-order valence-electron chi connectivity index (χ3n) is 7.97. The summed E-state index contributed by atoms with van der Waals surface area (Å²) in [5.41, 5.74) is -0.189. The van der Waals surface area contributed by atoms with E-state index in [2.05, 4.69) is 68.5 Å². The quantitative estimate of drug-likeness (QED) is 0.100. The molecule has 3 aromatic heterocycles. The van der Waals surface area contributed by atoms with Crippen LogP contribution in [-0.4, -0.2) is 79.1 Å². The number of rotatable bonds is 12. The normalized spacial score (nSPS) is 13.0. The molecule has 0 unspecified atom stereocenters. The molecular weight excluding hydrogens is 694 g/mol. The summed E-state index contributed by atoms with van der Waals surface area (Å²) >= 11 is 6.38. The molecule has 3 aromatic rings. The van der Waals surface area contributed by atoms with Crippen LogP contribution < -0.4 is 9.64 Å². The molecule has 0 radical (unpaired) electrons. The van der Waals surface area contributed by atoms with Gasteiger partial charge < -0.3 is 27.9 Å². The molecule has 0 spiro atoms. The summed E-state index contributed by atoms with van der Waals surface area (Å²) in [5.74, 6) is 0.466. The number of ether oxygens (including phenoxy) is 4. The fourth-order valence-electron chi connectivity index (χ4n) is 4.37. The van der Waals surface area contributed by atoms with Crippen molar-refractivity contribution in [1.29, 1.82) is 0 Å². The van der Waals surface area contributed by atoms with E-state index in [1.165, 1.54) is 6.33 Å². The Bertz CT molecular complexity index is 1630. The smallest absolute Gasteiger partial charge is 0.425 e. The molecule has 0 saturated heterocycles. The Morgan fingerprint density at radius 2 is 1.44 bits per heavy atom. The van der Waals surface area contributed by atoms with Gasteiger partial charge in [-0.25, -0.2) is 24.5 Å². The highest BCUT2D eigenvalue weighted by Crippen LogP contribution is 2.39. The number of halogens is 1. The van der Waals surface area contributed by atoms with Crippen LogP contribution in [-0.2, 0) is 25.4 Å². The highest BCUT2D eigenvalue weighted by Gasteiger charge is 2.38. The Labute approximate surface area is 304 Å². The fourth-order valence-corrected chi connectivity index (χ4v) is 6.30. The summed E-state index contributed by atoms with van der Waals surface area (Å²) in [6.07, 6.45) is 1.03. The summed E-state index contributed by atoms with van der Waals surface area (Å²) in [5, 5.41) is 0.694. The summed E-state index contributed by atoms with van der Waals surface area (Å²) in [6.45, 7) is 29.4. The molecule has 2 amide bonds. The molecule has 0 saturated carbocycles. The van der Waals surface area contributed by atoms with Crippen LogP contribution in [0.4, 0.5) is 15.4 Å². The third-order valence-corrected chi connectivity index (χ3v) is 14.4. The predicted octanol–water partition coefficient (Wildman–Crippen LogP) is 9.54. The predicted molar refractivity (Wildman–Crippen MR) is 203 cm³/mol. The van der Waals surface area contributed by atoms with E-state index in [0.717, 1.165) is 10.9 Å². The lowest BCUT2D eigenvalue weighted by molar-refractivity contribution is 0.0429. The Morgan fingerprint density at radius 1 is 0.840 bits per heavy atom. The van der Waals surface area contributed by atoms with Crippen molar-refractivity contribution in [2.75, 3.05) is 24.7 Å². The van der Waals surface area contributed by atoms with Crippen LogP contribution in [0.15, 0.2) is 24.7 Å². The zero-order chi connectivity index (χ0) is 37.9. The third kappa shape index (κ3) is 11.5. The lowest BCUT2D eigenvalue weighted by Gasteiger charge is -2.36. The minimum atomic E-state index is -1.99. The van der Waals surface area contributed by atoms with Crippen LogP contribution in [0.3, 0.4) is 0 Å². The van der Waals surface area contributed by atoms with Crippen molar-refractivity contribution in [3.05, 3.63) is 29.8 Å². The number of fused-ring (bicyclic) bond motifs is 1. The molecular formula is C35H56ClN5O7Si2. The molecule has 0 atom stereocenters. The minimum absolute atomic E-state index is 0.00670. The number of imide groups is 1. The molecule has 12 nitrogen and oxygen atoms in total. The largest absolute Gasteiger partial charge is 0.490 e. The number of anilines is 1. The van der Waals surface area contributed by atoms with E-state index in [9.17, 15) is 9.59 Å². The molecule has 0 aliphatic heterocycles. The van der Waals surface area contributed by atoms with Gasteiger partial charge in [0.25, 0.3) is 0 Å². The summed E-state index contributed by atoms with van der Waals surface area (Å²) in [7, 11) is -3.37. The first-order chi connectivity index (χ1) is 22.8. The van der Waals surface area contributed by atoms with Gasteiger partial charge in [0.2, 0.25) is 0 Å². The topological polar surface area (TPSA) is 127 Å². The molecule has 0 aliphatic rings. The maximum Gasteiger partial charge on any atom is 0.425 e. The molecule has 0 aromatic carbocycles. The van der Waals surface area contributed by atoms with Gasteiger partial charge in [0, 0.05) is 26.9 Å². The van der Waals surface area contributed by atoms with Gasteiger partial charge in [0.15, 0.2) is 14.1 Å². The second kappa shape index (κ2) is 15.7. The van der Waals surface area contributed by atoms with Crippen LogP contribution in [0.25, 0.3) is 22.3 Å². The number of hydrogen-bond acceptors (Lipinski definition) is 10. The van der Waals surface area contributed by atoms with Crippen molar-refractivity contribution < 1.29 is 33.0 Å². The standard InChI is InChI=1S/C35H56ClN5O7Si2/c1-33(2,3)47-31(42)41(32(43)48-34(4,5)6)30-24-19-26(40(29(24)38-22-39-30)23-44-17-18-49(10,11)12)25-21-37-28(36)20-27(25)45-15-16-46-50(13,14)35(7,8)9/h19-22H,15-18,23H2,1-14H3. The van der Waals surface area contributed by atoms with Gasteiger partial charge in [-0.05, 0) is 71.8 Å². The summed E-state index contributed by atoms with van der Waals surface area (Å²) in [4.78, 5) is 41.4. The minimum Gasteiger partial charge on any atom is -0.490 e. The number of hydrogen-bond donors (Lipinski definition) is 0. The Hall–Kier alpha value is -3.05. The van der Waals surface area contributed by atoms with Gasteiger partial charge in [0.1, 0.15) is 47.4 Å². The number of nitrogens with zero attached hydrogens (tertiary/aromatic N) is 5. The van der Waals surface area contributed by atoms with Crippen LogP contribution >= 0.6 is 11.6 Å².